The van der Waals surface area contributed by atoms with E-state index >= 15 is 0 Å². The maximum absolute atomic E-state index is 13.1. The molecule has 1 fully saturated rings. The number of rotatable bonds is 8. The highest BCUT2D eigenvalue weighted by Gasteiger charge is 2.26. The van der Waals surface area contributed by atoms with Crippen LogP contribution in [-0.4, -0.2) is 49.6 Å². The molecule has 0 atom stereocenters. The van der Waals surface area contributed by atoms with Crippen LogP contribution in [0.1, 0.15) is 59.4 Å². The van der Waals surface area contributed by atoms with Crippen LogP contribution in [0.3, 0.4) is 0 Å². The van der Waals surface area contributed by atoms with Crippen LogP contribution < -0.4 is 14.8 Å². The Kier molecular flexibility index (Phi) is 8.61. The molecule has 1 heterocycles. The molecule has 2 aromatic carbocycles. The van der Waals surface area contributed by atoms with Crippen molar-refractivity contribution in [3.8, 4) is 11.5 Å². The monoisotopic (exact) mass is 472 g/mol. The van der Waals surface area contributed by atoms with Crippen molar-refractivity contribution >= 4 is 23.4 Å². The summed E-state index contributed by atoms with van der Waals surface area (Å²) in [6, 6.07) is 10.9. The average molecular weight is 473 g/mol. The Bertz CT molecular complexity index is 984. The molecule has 1 saturated heterocycles. The van der Waals surface area contributed by atoms with Crippen molar-refractivity contribution in [2.45, 2.75) is 46.1 Å². The first-order chi connectivity index (χ1) is 15.8. The summed E-state index contributed by atoms with van der Waals surface area (Å²) >= 11 is 6.44. The molecule has 7 heteroatoms. The number of halogens is 1. The quantitative estimate of drug-likeness (QED) is 0.579. The number of benzene rings is 2. The minimum atomic E-state index is -0.104. The van der Waals surface area contributed by atoms with Gasteiger partial charge in [-0.1, -0.05) is 43.6 Å². The fraction of sp³-hybridized carbons (Fsp3) is 0.462. The molecule has 3 rings (SSSR count). The fourth-order valence-electron chi connectivity index (χ4n) is 3.88. The molecule has 1 aliphatic heterocycles. The van der Waals surface area contributed by atoms with Gasteiger partial charge in [-0.25, -0.2) is 0 Å². The number of carbonyl (C=O) groups is 2. The molecular weight excluding hydrogens is 440 g/mol. The number of ether oxygens (including phenoxy) is 2. The van der Waals surface area contributed by atoms with Crippen LogP contribution in [0.15, 0.2) is 36.4 Å². The standard InChI is InChI=1S/C26H33ClN2O4/c1-17(2)11-14-33-24-22(27)15-19(16-23(24)32-4)26(31)29-12-9-20(10-13-29)28-25(30)21-8-6-5-7-18(21)3/h5-8,15-17,20H,9-14H2,1-4H3,(H,28,30). The summed E-state index contributed by atoms with van der Waals surface area (Å²) in [5, 5.41) is 3.47. The summed E-state index contributed by atoms with van der Waals surface area (Å²) in [5.41, 5.74) is 2.11. The summed E-state index contributed by atoms with van der Waals surface area (Å²) in [6.45, 7) is 7.83. The molecular formula is C26H33ClN2O4. The number of amides is 2. The van der Waals surface area contributed by atoms with Gasteiger partial charge in [0.05, 0.1) is 18.7 Å². The molecule has 0 spiro atoms. The molecule has 178 valence electrons. The van der Waals surface area contributed by atoms with Crippen molar-refractivity contribution < 1.29 is 19.1 Å². The van der Waals surface area contributed by atoms with Crippen LogP contribution in [0.25, 0.3) is 0 Å². The summed E-state index contributed by atoms with van der Waals surface area (Å²) in [7, 11) is 1.54. The first kappa shape index (κ1) is 24.9. The molecule has 2 aromatic rings. The zero-order valence-corrected chi connectivity index (χ0v) is 20.6. The maximum atomic E-state index is 13.1. The highest BCUT2D eigenvalue weighted by molar-refractivity contribution is 6.32. The second kappa shape index (κ2) is 11.4. The fourth-order valence-corrected chi connectivity index (χ4v) is 4.15. The van der Waals surface area contributed by atoms with Crippen LogP contribution in [0, 0.1) is 12.8 Å². The Labute approximate surface area is 201 Å². The van der Waals surface area contributed by atoms with Crippen molar-refractivity contribution in [1.82, 2.24) is 10.2 Å². The van der Waals surface area contributed by atoms with Crippen LogP contribution in [0.4, 0.5) is 0 Å². The second-order valence-electron chi connectivity index (χ2n) is 8.88. The van der Waals surface area contributed by atoms with E-state index in [1.165, 1.54) is 7.11 Å². The van der Waals surface area contributed by atoms with Crippen LogP contribution in [0.5, 0.6) is 11.5 Å². The molecule has 0 radical (unpaired) electrons. The Balaban J connectivity index is 1.60. The largest absolute Gasteiger partial charge is 0.493 e. The van der Waals surface area contributed by atoms with Gasteiger partial charge in [-0.2, -0.15) is 0 Å². The lowest BCUT2D eigenvalue weighted by atomic mass is 10.0. The summed E-state index contributed by atoms with van der Waals surface area (Å²) in [5.74, 6) is 1.26. The number of hydrogen-bond donors (Lipinski definition) is 1. The first-order valence-corrected chi connectivity index (χ1v) is 11.8. The van der Waals surface area contributed by atoms with Gasteiger partial charge >= 0.3 is 0 Å². The molecule has 0 aliphatic carbocycles. The zero-order valence-electron chi connectivity index (χ0n) is 19.8. The van der Waals surface area contributed by atoms with E-state index in [2.05, 4.69) is 19.2 Å². The van der Waals surface area contributed by atoms with E-state index in [0.29, 0.717) is 66.1 Å². The van der Waals surface area contributed by atoms with E-state index in [1.54, 1.807) is 17.0 Å². The van der Waals surface area contributed by atoms with Crippen molar-refractivity contribution in [2.75, 3.05) is 26.8 Å². The van der Waals surface area contributed by atoms with Gasteiger partial charge < -0.3 is 19.7 Å². The Morgan fingerprint density at radius 3 is 2.52 bits per heavy atom. The van der Waals surface area contributed by atoms with Gasteiger partial charge in [0.15, 0.2) is 11.5 Å². The minimum Gasteiger partial charge on any atom is -0.493 e. The third-order valence-corrected chi connectivity index (χ3v) is 6.21. The first-order valence-electron chi connectivity index (χ1n) is 11.5. The number of likely N-dealkylation sites (tertiary alicyclic amines) is 1. The highest BCUT2D eigenvalue weighted by Crippen LogP contribution is 2.37. The van der Waals surface area contributed by atoms with Crippen molar-refractivity contribution in [3.63, 3.8) is 0 Å². The van der Waals surface area contributed by atoms with E-state index in [4.69, 9.17) is 21.1 Å². The number of carbonyl (C=O) groups excluding carboxylic acids is 2. The number of hydrogen-bond acceptors (Lipinski definition) is 4. The lowest BCUT2D eigenvalue weighted by molar-refractivity contribution is 0.0697. The number of piperidine rings is 1. The Hall–Kier alpha value is -2.73. The van der Waals surface area contributed by atoms with Gasteiger partial charge in [0, 0.05) is 30.3 Å². The van der Waals surface area contributed by atoms with E-state index < -0.39 is 0 Å². The van der Waals surface area contributed by atoms with Gasteiger partial charge in [-0.15, -0.1) is 0 Å². The lowest BCUT2D eigenvalue weighted by Gasteiger charge is -2.32. The van der Waals surface area contributed by atoms with Crippen molar-refractivity contribution in [1.29, 1.82) is 0 Å². The van der Waals surface area contributed by atoms with Crippen LogP contribution >= 0.6 is 11.6 Å². The topological polar surface area (TPSA) is 67.9 Å². The summed E-state index contributed by atoms with van der Waals surface area (Å²) in [6.07, 6.45) is 2.30. The molecule has 0 saturated carbocycles. The van der Waals surface area contributed by atoms with E-state index in [-0.39, 0.29) is 17.9 Å². The Morgan fingerprint density at radius 1 is 1.18 bits per heavy atom. The van der Waals surface area contributed by atoms with Gasteiger partial charge in [0.25, 0.3) is 11.8 Å². The molecule has 33 heavy (non-hydrogen) atoms. The van der Waals surface area contributed by atoms with Crippen molar-refractivity contribution in [3.05, 3.63) is 58.1 Å². The maximum Gasteiger partial charge on any atom is 0.254 e. The van der Waals surface area contributed by atoms with Gasteiger partial charge in [0.2, 0.25) is 0 Å². The predicted molar refractivity (Wildman–Crippen MR) is 131 cm³/mol. The number of nitrogens with zero attached hydrogens (tertiary/aromatic N) is 1. The van der Waals surface area contributed by atoms with Gasteiger partial charge in [-0.3, -0.25) is 9.59 Å². The predicted octanol–water partition coefficient (Wildman–Crippen LogP) is 5.12. The minimum absolute atomic E-state index is 0.0380. The third kappa shape index (κ3) is 6.41. The normalized spacial score (nSPS) is 14.3. The van der Waals surface area contributed by atoms with Crippen LogP contribution in [0.2, 0.25) is 5.02 Å². The second-order valence-corrected chi connectivity index (χ2v) is 9.28. The van der Waals surface area contributed by atoms with E-state index in [9.17, 15) is 9.59 Å². The molecule has 0 bridgehead atoms. The number of nitrogens with one attached hydrogen (secondary N) is 1. The smallest absolute Gasteiger partial charge is 0.254 e. The SMILES string of the molecule is COc1cc(C(=O)N2CCC(NC(=O)c3ccccc3C)CC2)cc(Cl)c1OCCC(C)C. The van der Waals surface area contributed by atoms with Crippen molar-refractivity contribution in [2.24, 2.45) is 5.92 Å². The van der Waals surface area contributed by atoms with E-state index in [0.717, 1.165) is 12.0 Å². The molecule has 1 aliphatic rings. The number of aryl methyl sites for hydroxylation is 1. The van der Waals surface area contributed by atoms with Gasteiger partial charge in [-0.05, 0) is 55.9 Å². The summed E-state index contributed by atoms with van der Waals surface area (Å²) < 4.78 is 11.3. The van der Waals surface area contributed by atoms with Crippen LogP contribution in [-0.2, 0) is 0 Å². The molecule has 2 amide bonds. The van der Waals surface area contributed by atoms with E-state index in [1.807, 2.05) is 31.2 Å². The zero-order chi connectivity index (χ0) is 24.0. The average Bonchev–Trinajstić information content (AvgIpc) is 2.79. The molecule has 1 N–H and O–H groups in total. The van der Waals surface area contributed by atoms with Gasteiger partial charge in [0.1, 0.15) is 0 Å². The third-order valence-electron chi connectivity index (χ3n) is 5.93. The Morgan fingerprint density at radius 2 is 1.88 bits per heavy atom. The summed E-state index contributed by atoms with van der Waals surface area (Å²) in [4.78, 5) is 27.5. The number of methoxy groups -OCH3 is 1. The lowest BCUT2D eigenvalue weighted by Crippen LogP contribution is -2.46. The molecule has 0 unspecified atom stereocenters. The molecule has 6 nitrogen and oxygen atoms in total. The highest BCUT2D eigenvalue weighted by atomic mass is 35.5. The molecule has 0 aromatic heterocycles.